The molecule has 32 heavy (non-hydrogen) atoms. The molecule has 0 unspecified atom stereocenters. The number of hydrogen-bond acceptors (Lipinski definition) is 6. The Bertz CT molecular complexity index is 1300. The van der Waals surface area contributed by atoms with Gasteiger partial charge in [-0.1, -0.05) is 6.07 Å². The lowest BCUT2D eigenvalue weighted by molar-refractivity contribution is 0.982. The molecule has 1 aromatic carbocycles. The van der Waals surface area contributed by atoms with Gasteiger partial charge in [-0.25, -0.2) is 4.98 Å². The van der Waals surface area contributed by atoms with Gasteiger partial charge in [-0.05, 0) is 73.1 Å². The minimum atomic E-state index is 0.611. The summed E-state index contributed by atoms with van der Waals surface area (Å²) in [5.74, 6) is 1.43. The Hall–Kier alpha value is -3.92. The molecule has 0 aliphatic heterocycles. The van der Waals surface area contributed by atoms with Crippen molar-refractivity contribution in [2.75, 3.05) is 10.6 Å². The van der Waals surface area contributed by atoms with Crippen LogP contribution in [0.2, 0.25) is 0 Å². The third-order valence-electron chi connectivity index (χ3n) is 5.97. The zero-order valence-corrected chi connectivity index (χ0v) is 18.3. The number of aryl methyl sites for hydroxylation is 2. The first kappa shape index (κ1) is 20.0. The summed E-state index contributed by atoms with van der Waals surface area (Å²) in [6, 6.07) is 12.3. The molecule has 1 saturated carbocycles. The fourth-order valence-corrected chi connectivity index (χ4v) is 4.06. The van der Waals surface area contributed by atoms with E-state index >= 15 is 0 Å². The summed E-state index contributed by atoms with van der Waals surface area (Å²) in [4.78, 5) is 4.71. The SMILES string of the molecule is Cc1cc(C#N)cc(C)c1CNc1cc(NCc2cn3cc(C4CC4)ccc3n2)cnn1. The number of pyridine rings is 1. The Morgan fingerprint density at radius 1 is 1.06 bits per heavy atom. The minimum absolute atomic E-state index is 0.611. The van der Waals surface area contributed by atoms with Gasteiger partial charge in [0, 0.05) is 25.0 Å². The summed E-state index contributed by atoms with van der Waals surface area (Å²) >= 11 is 0. The second-order valence-electron chi connectivity index (χ2n) is 8.47. The lowest BCUT2D eigenvalue weighted by Crippen LogP contribution is -2.07. The fraction of sp³-hybridized carbons (Fsp3) is 0.280. The Balaban J connectivity index is 1.24. The number of nitriles is 1. The zero-order valence-electron chi connectivity index (χ0n) is 18.3. The standard InChI is InChI=1S/C25H25N7/c1-16-7-18(10-26)8-17(2)23(16)13-28-24-9-21(12-29-31-24)27-11-22-15-32-14-20(19-3-4-19)5-6-25(32)30-22/h5-9,12,14-15,19H,3-4,11,13H2,1-2H3,(H2,27,28,31). The van der Waals surface area contributed by atoms with Crippen molar-refractivity contribution in [3.8, 4) is 6.07 Å². The Morgan fingerprint density at radius 2 is 1.88 bits per heavy atom. The van der Waals surface area contributed by atoms with E-state index in [1.165, 1.54) is 24.0 Å². The third-order valence-corrected chi connectivity index (χ3v) is 5.97. The van der Waals surface area contributed by atoms with Crippen molar-refractivity contribution in [2.24, 2.45) is 0 Å². The van der Waals surface area contributed by atoms with Crippen LogP contribution < -0.4 is 10.6 Å². The molecular weight excluding hydrogens is 398 g/mol. The van der Waals surface area contributed by atoms with Crippen LogP contribution in [0.3, 0.4) is 0 Å². The first-order valence-electron chi connectivity index (χ1n) is 10.9. The third kappa shape index (κ3) is 4.26. The molecule has 7 nitrogen and oxygen atoms in total. The van der Waals surface area contributed by atoms with Crippen LogP contribution in [0.1, 0.15) is 52.3 Å². The average molecular weight is 424 g/mol. The number of hydrogen-bond donors (Lipinski definition) is 2. The van der Waals surface area contributed by atoms with E-state index in [1.807, 2.05) is 32.0 Å². The first-order chi connectivity index (χ1) is 15.6. The van der Waals surface area contributed by atoms with Crippen LogP contribution in [-0.2, 0) is 13.1 Å². The maximum absolute atomic E-state index is 9.13. The van der Waals surface area contributed by atoms with Crippen LogP contribution in [-0.4, -0.2) is 19.6 Å². The van der Waals surface area contributed by atoms with Crippen molar-refractivity contribution < 1.29 is 0 Å². The van der Waals surface area contributed by atoms with E-state index in [4.69, 9.17) is 10.2 Å². The van der Waals surface area contributed by atoms with Crippen molar-refractivity contribution in [3.63, 3.8) is 0 Å². The highest BCUT2D eigenvalue weighted by atomic mass is 15.2. The van der Waals surface area contributed by atoms with Crippen LogP contribution in [0, 0.1) is 25.2 Å². The Morgan fingerprint density at radius 3 is 2.62 bits per heavy atom. The van der Waals surface area contributed by atoms with Gasteiger partial charge in [0.05, 0.1) is 35.8 Å². The fourth-order valence-electron chi connectivity index (χ4n) is 4.06. The molecule has 0 atom stereocenters. The molecule has 5 rings (SSSR count). The number of benzene rings is 1. The summed E-state index contributed by atoms with van der Waals surface area (Å²) in [5.41, 5.74) is 8.26. The Kier molecular flexibility index (Phi) is 5.20. The van der Waals surface area contributed by atoms with E-state index in [-0.39, 0.29) is 0 Å². The lowest BCUT2D eigenvalue weighted by Gasteiger charge is -2.12. The average Bonchev–Trinajstić information content (AvgIpc) is 3.56. The van der Waals surface area contributed by atoms with Gasteiger partial charge < -0.3 is 15.0 Å². The smallest absolute Gasteiger partial charge is 0.150 e. The topological polar surface area (TPSA) is 90.9 Å². The molecule has 4 aromatic rings. The molecule has 1 aliphatic rings. The van der Waals surface area contributed by atoms with Crippen LogP contribution in [0.25, 0.3) is 5.65 Å². The largest absolute Gasteiger partial charge is 0.378 e. The van der Waals surface area contributed by atoms with E-state index in [2.05, 4.69) is 55.8 Å². The number of nitrogens with zero attached hydrogens (tertiary/aromatic N) is 5. The molecule has 1 aliphatic carbocycles. The van der Waals surface area contributed by atoms with E-state index in [9.17, 15) is 0 Å². The van der Waals surface area contributed by atoms with Crippen LogP contribution in [0.15, 0.2) is 48.9 Å². The normalized spacial score (nSPS) is 13.2. The highest BCUT2D eigenvalue weighted by molar-refractivity contribution is 5.52. The van der Waals surface area contributed by atoms with Crippen LogP contribution in [0.4, 0.5) is 11.5 Å². The van der Waals surface area contributed by atoms with Crippen LogP contribution in [0.5, 0.6) is 0 Å². The van der Waals surface area contributed by atoms with Crippen LogP contribution >= 0.6 is 0 Å². The van der Waals surface area contributed by atoms with E-state index in [0.29, 0.717) is 24.5 Å². The molecule has 0 amide bonds. The van der Waals surface area contributed by atoms with Gasteiger partial charge in [0.1, 0.15) is 5.65 Å². The lowest BCUT2D eigenvalue weighted by atomic mass is 10.00. The molecule has 0 bridgehead atoms. The van der Waals surface area contributed by atoms with E-state index in [0.717, 1.165) is 34.1 Å². The minimum Gasteiger partial charge on any atom is -0.378 e. The maximum Gasteiger partial charge on any atom is 0.150 e. The van der Waals surface area contributed by atoms with Gasteiger partial charge in [-0.3, -0.25) is 0 Å². The van der Waals surface area contributed by atoms with Crippen molar-refractivity contribution in [2.45, 2.75) is 45.7 Å². The first-order valence-corrected chi connectivity index (χ1v) is 10.9. The molecule has 7 heteroatoms. The number of anilines is 2. The molecule has 0 saturated heterocycles. The van der Waals surface area contributed by atoms with Crippen molar-refractivity contribution in [1.29, 1.82) is 5.26 Å². The summed E-state index contributed by atoms with van der Waals surface area (Å²) in [6.07, 6.45) is 8.59. The van der Waals surface area contributed by atoms with E-state index < -0.39 is 0 Å². The summed E-state index contributed by atoms with van der Waals surface area (Å²) in [5, 5.41) is 24.2. The maximum atomic E-state index is 9.13. The van der Waals surface area contributed by atoms with Gasteiger partial charge in [0.2, 0.25) is 0 Å². The Labute approximate surface area is 187 Å². The molecule has 160 valence electrons. The number of nitrogens with one attached hydrogen (secondary N) is 2. The predicted octanol–water partition coefficient (Wildman–Crippen LogP) is 4.71. The van der Waals surface area contributed by atoms with Gasteiger partial charge in [-0.15, -0.1) is 5.10 Å². The van der Waals surface area contributed by atoms with Crippen molar-refractivity contribution in [3.05, 3.63) is 82.4 Å². The number of fused-ring (bicyclic) bond motifs is 1. The second-order valence-corrected chi connectivity index (χ2v) is 8.47. The summed E-state index contributed by atoms with van der Waals surface area (Å²) in [7, 11) is 0. The van der Waals surface area contributed by atoms with Gasteiger partial charge in [0.15, 0.2) is 5.82 Å². The predicted molar refractivity (Wildman–Crippen MR) is 124 cm³/mol. The zero-order chi connectivity index (χ0) is 22.1. The highest BCUT2D eigenvalue weighted by Crippen LogP contribution is 2.39. The summed E-state index contributed by atoms with van der Waals surface area (Å²) < 4.78 is 2.12. The highest BCUT2D eigenvalue weighted by Gasteiger charge is 2.23. The molecule has 2 N–H and O–H groups in total. The summed E-state index contributed by atoms with van der Waals surface area (Å²) in [6.45, 7) is 5.28. The second kappa shape index (κ2) is 8.31. The van der Waals surface area contributed by atoms with E-state index in [1.54, 1.807) is 6.20 Å². The quantitative estimate of drug-likeness (QED) is 0.447. The van der Waals surface area contributed by atoms with Gasteiger partial charge >= 0.3 is 0 Å². The van der Waals surface area contributed by atoms with Crippen molar-refractivity contribution >= 4 is 17.2 Å². The van der Waals surface area contributed by atoms with Gasteiger partial charge in [0.25, 0.3) is 0 Å². The van der Waals surface area contributed by atoms with Gasteiger partial charge in [-0.2, -0.15) is 10.4 Å². The molecule has 3 heterocycles. The molecule has 0 spiro atoms. The van der Waals surface area contributed by atoms with Crippen molar-refractivity contribution in [1.82, 2.24) is 19.6 Å². The number of aromatic nitrogens is 4. The number of rotatable bonds is 7. The number of imidazole rings is 1. The monoisotopic (exact) mass is 423 g/mol. The molecule has 1 fully saturated rings. The molecule has 0 radical (unpaired) electrons. The molecular formula is C25H25N7. The molecule has 3 aromatic heterocycles.